The third-order valence-corrected chi connectivity index (χ3v) is 3.47. The van der Waals surface area contributed by atoms with Gasteiger partial charge in [-0.25, -0.2) is 0 Å². The predicted octanol–water partition coefficient (Wildman–Crippen LogP) is 1.44. The summed E-state index contributed by atoms with van der Waals surface area (Å²) in [7, 11) is 0. The van der Waals surface area contributed by atoms with Gasteiger partial charge in [-0.2, -0.15) is 0 Å². The van der Waals surface area contributed by atoms with Gasteiger partial charge in [-0.3, -0.25) is 4.79 Å². The Balaban J connectivity index is 2.14. The number of nitrogens with two attached hydrogens (primary N) is 1. The lowest BCUT2D eigenvalue weighted by Crippen LogP contribution is -2.49. The molecule has 0 spiro atoms. The van der Waals surface area contributed by atoms with Crippen LogP contribution in [0.4, 0.5) is 11.4 Å². The summed E-state index contributed by atoms with van der Waals surface area (Å²) in [6.07, 6.45) is 1.76. The number of anilines is 2. The van der Waals surface area contributed by atoms with Crippen molar-refractivity contribution in [3.8, 4) is 5.75 Å². The Kier molecular flexibility index (Phi) is 3.17. The molecular weight excluding hydrogens is 230 g/mol. The van der Waals surface area contributed by atoms with Crippen LogP contribution in [-0.4, -0.2) is 22.6 Å². The standard InChI is InChI=1S/C13H19N3O2/c1-8-6-7-13(2,16-8)12(18)15-9-4-3-5-10(17)11(9)14/h3-5,8,16-17H,6-7,14H2,1-2H3,(H,15,18)/t8?,13-/m1/s1. The Labute approximate surface area is 106 Å². The summed E-state index contributed by atoms with van der Waals surface area (Å²) in [6, 6.07) is 5.15. The maximum Gasteiger partial charge on any atom is 0.244 e. The Bertz CT molecular complexity index is 475. The highest BCUT2D eigenvalue weighted by atomic mass is 16.3. The van der Waals surface area contributed by atoms with Crippen molar-refractivity contribution in [3.05, 3.63) is 18.2 Å². The minimum atomic E-state index is -0.572. The molecule has 1 amide bonds. The van der Waals surface area contributed by atoms with E-state index in [9.17, 15) is 9.90 Å². The molecular formula is C13H19N3O2. The Morgan fingerprint density at radius 3 is 2.94 bits per heavy atom. The molecule has 1 saturated heterocycles. The molecule has 2 atom stereocenters. The lowest BCUT2D eigenvalue weighted by atomic mass is 9.99. The molecule has 5 N–H and O–H groups in total. The number of nitrogens with one attached hydrogen (secondary N) is 2. The first-order valence-electron chi connectivity index (χ1n) is 6.09. The smallest absolute Gasteiger partial charge is 0.244 e. The fraction of sp³-hybridized carbons (Fsp3) is 0.462. The van der Waals surface area contributed by atoms with E-state index in [1.807, 2.05) is 6.92 Å². The van der Waals surface area contributed by atoms with Crippen molar-refractivity contribution in [2.45, 2.75) is 38.3 Å². The molecule has 98 valence electrons. The average Bonchev–Trinajstić information content (AvgIpc) is 2.66. The van der Waals surface area contributed by atoms with Crippen molar-refractivity contribution in [3.63, 3.8) is 0 Å². The topological polar surface area (TPSA) is 87.4 Å². The van der Waals surface area contributed by atoms with Crippen LogP contribution in [0.1, 0.15) is 26.7 Å². The van der Waals surface area contributed by atoms with E-state index in [4.69, 9.17) is 5.73 Å². The van der Waals surface area contributed by atoms with Gasteiger partial charge in [0.05, 0.1) is 16.9 Å². The summed E-state index contributed by atoms with van der Waals surface area (Å²) in [6.45, 7) is 3.94. The molecule has 0 aliphatic carbocycles. The number of hydrogen-bond acceptors (Lipinski definition) is 4. The summed E-state index contributed by atoms with van der Waals surface area (Å²) >= 11 is 0. The second kappa shape index (κ2) is 4.49. The largest absolute Gasteiger partial charge is 0.506 e. The lowest BCUT2D eigenvalue weighted by molar-refractivity contribution is -0.121. The first-order chi connectivity index (χ1) is 8.42. The predicted molar refractivity (Wildman–Crippen MR) is 71.4 cm³/mol. The van der Waals surface area contributed by atoms with E-state index in [0.29, 0.717) is 11.7 Å². The molecule has 1 unspecified atom stereocenters. The summed E-state index contributed by atoms with van der Waals surface area (Å²) < 4.78 is 0. The number of benzene rings is 1. The molecule has 1 aliphatic rings. The van der Waals surface area contributed by atoms with Gasteiger partial charge < -0.3 is 21.5 Å². The molecule has 0 radical (unpaired) electrons. The van der Waals surface area contributed by atoms with Crippen LogP contribution in [0.3, 0.4) is 0 Å². The van der Waals surface area contributed by atoms with Crippen molar-refractivity contribution in [1.82, 2.24) is 5.32 Å². The van der Waals surface area contributed by atoms with Gasteiger partial charge in [0.1, 0.15) is 5.75 Å². The number of aromatic hydroxyl groups is 1. The second-order valence-electron chi connectivity index (χ2n) is 5.11. The zero-order valence-corrected chi connectivity index (χ0v) is 10.7. The van der Waals surface area contributed by atoms with E-state index in [1.54, 1.807) is 12.1 Å². The maximum atomic E-state index is 12.2. The molecule has 5 nitrogen and oxygen atoms in total. The molecule has 1 aliphatic heterocycles. The molecule has 1 fully saturated rings. The molecule has 0 saturated carbocycles. The van der Waals surface area contributed by atoms with Crippen LogP contribution in [0.5, 0.6) is 5.75 Å². The van der Waals surface area contributed by atoms with Gasteiger partial charge in [-0.1, -0.05) is 6.07 Å². The summed E-state index contributed by atoms with van der Waals surface area (Å²) in [5, 5.41) is 15.5. The lowest BCUT2D eigenvalue weighted by Gasteiger charge is -2.24. The number of phenolic OH excluding ortho intramolecular Hbond substituents is 1. The third-order valence-electron chi connectivity index (χ3n) is 3.47. The van der Waals surface area contributed by atoms with E-state index in [2.05, 4.69) is 17.6 Å². The number of nitrogen functional groups attached to an aromatic ring is 1. The fourth-order valence-electron chi connectivity index (χ4n) is 2.29. The van der Waals surface area contributed by atoms with Gasteiger partial charge in [0.25, 0.3) is 0 Å². The number of carbonyl (C=O) groups is 1. The quantitative estimate of drug-likeness (QED) is 0.472. The van der Waals surface area contributed by atoms with Crippen molar-refractivity contribution in [1.29, 1.82) is 0 Å². The fourth-order valence-corrected chi connectivity index (χ4v) is 2.29. The van der Waals surface area contributed by atoms with Gasteiger partial charge >= 0.3 is 0 Å². The number of hydrogen-bond donors (Lipinski definition) is 4. The van der Waals surface area contributed by atoms with E-state index < -0.39 is 5.54 Å². The molecule has 1 aromatic rings. The maximum absolute atomic E-state index is 12.2. The average molecular weight is 249 g/mol. The number of amides is 1. The zero-order valence-electron chi connectivity index (χ0n) is 10.7. The zero-order chi connectivity index (χ0) is 13.3. The molecule has 1 aromatic carbocycles. The van der Waals surface area contributed by atoms with Gasteiger partial charge in [0.2, 0.25) is 5.91 Å². The normalized spacial score (nSPS) is 27.1. The summed E-state index contributed by atoms with van der Waals surface area (Å²) in [5.74, 6) is -0.144. The Morgan fingerprint density at radius 1 is 1.61 bits per heavy atom. The van der Waals surface area contributed by atoms with Crippen LogP contribution in [0.25, 0.3) is 0 Å². The molecule has 1 heterocycles. The van der Waals surface area contributed by atoms with Crippen molar-refractivity contribution in [2.24, 2.45) is 0 Å². The van der Waals surface area contributed by atoms with E-state index >= 15 is 0 Å². The van der Waals surface area contributed by atoms with Crippen LogP contribution < -0.4 is 16.4 Å². The SMILES string of the molecule is CC1CC[C@](C)(C(=O)Nc2cccc(O)c2N)N1. The highest BCUT2D eigenvalue weighted by Crippen LogP contribution is 2.30. The van der Waals surface area contributed by atoms with Crippen LogP contribution in [0.2, 0.25) is 0 Å². The number of para-hydroxylation sites is 1. The summed E-state index contributed by atoms with van der Waals surface area (Å²) in [5.41, 5.74) is 5.78. The second-order valence-corrected chi connectivity index (χ2v) is 5.11. The number of carbonyl (C=O) groups excluding carboxylic acids is 1. The van der Waals surface area contributed by atoms with Crippen LogP contribution in [-0.2, 0) is 4.79 Å². The van der Waals surface area contributed by atoms with E-state index in [0.717, 1.165) is 12.8 Å². The Hall–Kier alpha value is -1.75. The van der Waals surface area contributed by atoms with Crippen LogP contribution in [0, 0.1) is 0 Å². The van der Waals surface area contributed by atoms with E-state index in [-0.39, 0.29) is 17.3 Å². The van der Waals surface area contributed by atoms with Gasteiger partial charge in [-0.05, 0) is 38.8 Å². The minimum absolute atomic E-state index is 0.0225. The highest BCUT2D eigenvalue weighted by Gasteiger charge is 2.39. The van der Waals surface area contributed by atoms with Gasteiger partial charge in [-0.15, -0.1) is 0 Å². The molecule has 0 bridgehead atoms. The van der Waals surface area contributed by atoms with Crippen molar-refractivity contribution >= 4 is 17.3 Å². The minimum Gasteiger partial charge on any atom is -0.506 e. The van der Waals surface area contributed by atoms with E-state index in [1.165, 1.54) is 6.07 Å². The van der Waals surface area contributed by atoms with Gasteiger partial charge in [0, 0.05) is 6.04 Å². The molecule has 0 aromatic heterocycles. The van der Waals surface area contributed by atoms with Crippen LogP contribution >= 0.6 is 0 Å². The van der Waals surface area contributed by atoms with Gasteiger partial charge in [0.15, 0.2) is 0 Å². The molecule has 2 rings (SSSR count). The molecule has 5 heteroatoms. The third kappa shape index (κ3) is 2.26. The monoisotopic (exact) mass is 249 g/mol. The van der Waals surface area contributed by atoms with Crippen LogP contribution in [0.15, 0.2) is 18.2 Å². The number of phenols is 1. The molecule has 18 heavy (non-hydrogen) atoms. The highest BCUT2D eigenvalue weighted by molar-refractivity contribution is 6.00. The Morgan fingerprint density at radius 2 is 2.33 bits per heavy atom. The van der Waals surface area contributed by atoms with Crippen molar-refractivity contribution in [2.75, 3.05) is 11.1 Å². The summed E-state index contributed by atoms with van der Waals surface area (Å²) in [4.78, 5) is 12.2. The first kappa shape index (κ1) is 12.7. The van der Waals surface area contributed by atoms with Crippen molar-refractivity contribution < 1.29 is 9.90 Å². The number of rotatable bonds is 2. The first-order valence-corrected chi connectivity index (χ1v) is 6.09.